The van der Waals surface area contributed by atoms with Gasteiger partial charge in [0, 0.05) is 26.9 Å². The molecule has 0 bridgehead atoms. The Morgan fingerprint density at radius 2 is 2.05 bits per heavy atom. The maximum atomic E-state index is 13.3. The van der Waals surface area contributed by atoms with Crippen molar-refractivity contribution in [2.45, 2.75) is 9.79 Å². The number of hydrogen-bond donors (Lipinski definition) is 1. The SMILES string of the molecule is COc1cccc(Sc2c[nH]c3ccc(F)cc23)c1. The van der Waals surface area contributed by atoms with Gasteiger partial charge in [0.05, 0.1) is 7.11 Å². The Hall–Kier alpha value is -1.94. The van der Waals surface area contributed by atoms with E-state index in [1.165, 1.54) is 6.07 Å². The van der Waals surface area contributed by atoms with E-state index in [0.29, 0.717) is 0 Å². The van der Waals surface area contributed by atoms with Crippen molar-refractivity contribution in [1.82, 2.24) is 4.98 Å². The highest BCUT2D eigenvalue weighted by Crippen LogP contribution is 2.35. The van der Waals surface area contributed by atoms with Crippen molar-refractivity contribution in [2.75, 3.05) is 7.11 Å². The second kappa shape index (κ2) is 4.97. The van der Waals surface area contributed by atoms with Crippen LogP contribution in [-0.2, 0) is 0 Å². The normalized spacial score (nSPS) is 10.8. The first-order valence-corrected chi connectivity index (χ1v) is 6.66. The summed E-state index contributed by atoms with van der Waals surface area (Å²) < 4.78 is 18.5. The molecule has 0 spiro atoms. The fourth-order valence-electron chi connectivity index (χ4n) is 1.94. The van der Waals surface area contributed by atoms with Crippen molar-refractivity contribution in [3.63, 3.8) is 0 Å². The molecule has 0 aliphatic rings. The van der Waals surface area contributed by atoms with Crippen LogP contribution in [0, 0.1) is 5.82 Å². The maximum absolute atomic E-state index is 13.3. The zero-order chi connectivity index (χ0) is 13.2. The summed E-state index contributed by atoms with van der Waals surface area (Å²) in [7, 11) is 1.64. The van der Waals surface area contributed by atoms with E-state index in [4.69, 9.17) is 4.74 Å². The molecule has 0 aliphatic heterocycles. The average molecular weight is 273 g/mol. The number of hydrogen-bond acceptors (Lipinski definition) is 2. The van der Waals surface area contributed by atoms with E-state index in [1.807, 2.05) is 30.5 Å². The minimum absolute atomic E-state index is 0.223. The second-order valence-electron chi connectivity index (χ2n) is 4.12. The number of halogens is 1. The number of H-pyrrole nitrogens is 1. The molecular formula is C15H12FNOS. The van der Waals surface area contributed by atoms with Gasteiger partial charge in [-0.25, -0.2) is 4.39 Å². The first-order valence-electron chi connectivity index (χ1n) is 5.85. The molecule has 3 aromatic rings. The molecule has 0 fully saturated rings. The molecule has 2 nitrogen and oxygen atoms in total. The molecule has 4 heteroatoms. The molecule has 0 aliphatic carbocycles. The quantitative estimate of drug-likeness (QED) is 0.761. The van der Waals surface area contributed by atoms with Crippen molar-refractivity contribution in [3.05, 3.63) is 54.5 Å². The maximum Gasteiger partial charge on any atom is 0.123 e. The van der Waals surface area contributed by atoms with E-state index < -0.39 is 0 Å². The van der Waals surface area contributed by atoms with Gasteiger partial charge < -0.3 is 9.72 Å². The summed E-state index contributed by atoms with van der Waals surface area (Å²) in [4.78, 5) is 5.21. The Labute approximate surface area is 114 Å². The largest absolute Gasteiger partial charge is 0.497 e. The zero-order valence-corrected chi connectivity index (χ0v) is 11.1. The third kappa shape index (κ3) is 2.44. The Balaban J connectivity index is 1.98. The highest BCUT2D eigenvalue weighted by molar-refractivity contribution is 7.99. The van der Waals surface area contributed by atoms with Gasteiger partial charge >= 0.3 is 0 Å². The van der Waals surface area contributed by atoms with Gasteiger partial charge in [-0.2, -0.15) is 0 Å². The van der Waals surface area contributed by atoms with Crippen molar-refractivity contribution < 1.29 is 9.13 Å². The highest BCUT2D eigenvalue weighted by atomic mass is 32.2. The minimum atomic E-state index is -0.223. The molecule has 1 N–H and O–H groups in total. The molecule has 0 radical (unpaired) electrons. The number of methoxy groups -OCH3 is 1. The van der Waals surface area contributed by atoms with E-state index >= 15 is 0 Å². The summed E-state index contributed by atoms with van der Waals surface area (Å²) in [6.07, 6.45) is 1.90. The first-order chi connectivity index (χ1) is 9.26. The molecule has 0 saturated heterocycles. The van der Waals surface area contributed by atoms with E-state index in [1.54, 1.807) is 31.0 Å². The molecule has 0 unspecified atom stereocenters. The molecule has 2 aromatic carbocycles. The average Bonchev–Trinajstić information content (AvgIpc) is 2.81. The van der Waals surface area contributed by atoms with Gasteiger partial charge in [-0.15, -0.1) is 0 Å². The number of aromatic amines is 1. The van der Waals surface area contributed by atoms with Gasteiger partial charge in [0.2, 0.25) is 0 Å². The van der Waals surface area contributed by atoms with E-state index in [-0.39, 0.29) is 5.82 Å². The van der Waals surface area contributed by atoms with Crippen molar-refractivity contribution >= 4 is 22.7 Å². The highest BCUT2D eigenvalue weighted by Gasteiger charge is 2.07. The monoisotopic (exact) mass is 273 g/mol. The predicted molar refractivity (Wildman–Crippen MR) is 75.4 cm³/mol. The Bertz CT molecular complexity index is 723. The van der Waals surface area contributed by atoms with Crippen LogP contribution in [0.5, 0.6) is 5.75 Å². The summed E-state index contributed by atoms with van der Waals surface area (Å²) in [6, 6.07) is 12.6. The van der Waals surface area contributed by atoms with E-state index in [2.05, 4.69) is 4.98 Å². The lowest BCUT2D eigenvalue weighted by atomic mass is 10.2. The lowest BCUT2D eigenvalue weighted by Gasteiger charge is -2.03. The predicted octanol–water partition coefficient (Wildman–Crippen LogP) is 4.47. The summed E-state index contributed by atoms with van der Waals surface area (Å²) in [5, 5.41) is 0.896. The van der Waals surface area contributed by atoms with Crippen molar-refractivity contribution in [3.8, 4) is 5.75 Å². The van der Waals surface area contributed by atoms with Crippen LogP contribution in [0.1, 0.15) is 0 Å². The molecule has 3 rings (SSSR count). The smallest absolute Gasteiger partial charge is 0.123 e. The minimum Gasteiger partial charge on any atom is -0.497 e. The third-order valence-electron chi connectivity index (χ3n) is 2.87. The van der Waals surface area contributed by atoms with Gasteiger partial charge in [0.1, 0.15) is 11.6 Å². The van der Waals surface area contributed by atoms with E-state index in [0.717, 1.165) is 26.4 Å². The van der Waals surface area contributed by atoms with Crippen molar-refractivity contribution in [1.29, 1.82) is 0 Å². The Morgan fingerprint density at radius 1 is 1.16 bits per heavy atom. The van der Waals surface area contributed by atoms with Gasteiger partial charge in [0.15, 0.2) is 0 Å². The van der Waals surface area contributed by atoms with Crippen LogP contribution < -0.4 is 4.74 Å². The fraction of sp³-hybridized carbons (Fsp3) is 0.0667. The van der Waals surface area contributed by atoms with Crippen LogP contribution in [-0.4, -0.2) is 12.1 Å². The van der Waals surface area contributed by atoms with Crippen LogP contribution in [0.25, 0.3) is 10.9 Å². The van der Waals surface area contributed by atoms with Crippen LogP contribution in [0.15, 0.2) is 58.5 Å². The molecule has 0 amide bonds. The number of benzene rings is 2. The van der Waals surface area contributed by atoms with Gasteiger partial charge in [-0.3, -0.25) is 0 Å². The van der Waals surface area contributed by atoms with Crippen LogP contribution >= 0.6 is 11.8 Å². The molecule has 1 aromatic heterocycles. The van der Waals surface area contributed by atoms with Crippen molar-refractivity contribution in [2.24, 2.45) is 0 Å². The Kier molecular flexibility index (Phi) is 3.17. The number of aromatic nitrogens is 1. The van der Waals surface area contributed by atoms with Crippen LogP contribution in [0.2, 0.25) is 0 Å². The summed E-state index contributed by atoms with van der Waals surface area (Å²) >= 11 is 1.58. The van der Waals surface area contributed by atoms with Gasteiger partial charge in [0.25, 0.3) is 0 Å². The second-order valence-corrected chi connectivity index (χ2v) is 5.24. The van der Waals surface area contributed by atoms with Crippen LogP contribution in [0.3, 0.4) is 0 Å². The summed E-state index contributed by atoms with van der Waals surface area (Å²) in [5.41, 5.74) is 0.937. The summed E-state index contributed by atoms with van der Waals surface area (Å²) in [6.45, 7) is 0. The number of rotatable bonds is 3. The third-order valence-corrected chi connectivity index (χ3v) is 3.92. The fourth-order valence-corrected chi connectivity index (χ4v) is 2.92. The Morgan fingerprint density at radius 3 is 2.89 bits per heavy atom. The van der Waals surface area contributed by atoms with E-state index in [9.17, 15) is 4.39 Å². The molecular weight excluding hydrogens is 261 g/mol. The lowest BCUT2D eigenvalue weighted by molar-refractivity contribution is 0.413. The topological polar surface area (TPSA) is 25.0 Å². The lowest BCUT2D eigenvalue weighted by Crippen LogP contribution is -1.82. The number of ether oxygens (including phenoxy) is 1. The molecule has 1 heterocycles. The number of nitrogens with one attached hydrogen (secondary N) is 1. The zero-order valence-electron chi connectivity index (χ0n) is 10.3. The van der Waals surface area contributed by atoms with Gasteiger partial charge in [-0.1, -0.05) is 17.8 Å². The van der Waals surface area contributed by atoms with Crippen LogP contribution in [0.4, 0.5) is 4.39 Å². The molecule has 19 heavy (non-hydrogen) atoms. The number of fused-ring (bicyclic) bond motifs is 1. The first kappa shape index (κ1) is 12.1. The molecule has 0 saturated carbocycles. The summed E-state index contributed by atoms with van der Waals surface area (Å²) in [5.74, 6) is 0.593. The standard InChI is InChI=1S/C15H12FNOS/c1-18-11-3-2-4-12(8-11)19-15-9-17-14-6-5-10(16)7-13(14)15/h2-9,17H,1H3. The van der Waals surface area contributed by atoms with Gasteiger partial charge in [-0.05, 0) is 36.4 Å². The molecule has 96 valence electrons. The molecule has 0 atom stereocenters.